The maximum absolute atomic E-state index is 11.6. The van der Waals surface area contributed by atoms with Crippen LogP contribution in [-0.2, 0) is 14.3 Å². The van der Waals surface area contributed by atoms with Crippen LogP contribution in [0.4, 0.5) is 5.82 Å². The quantitative estimate of drug-likeness (QED) is 0.810. The number of amides is 2. The van der Waals surface area contributed by atoms with Gasteiger partial charge in [0.2, 0.25) is 0 Å². The molecule has 1 aliphatic rings. The van der Waals surface area contributed by atoms with Gasteiger partial charge in [-0.1, -0.05) is 11.6 Å². The van der Waals surface area contributed by atoms with E-state index in [1.165, 1.54) is 12.3 Å². The normalized spacial score (nSPS) is 18.1. The molecule has 0 aliphatic carbocycles. The molecule has 0 aromatic carbocycles. The number of aromatic nitrogens is 1. The molecule has 1 aromatic rings. The van der Waals surface area contributed by atoms with Crippen molar-refractivity contribution in [3.05, 3.63) is 23.4 Å². The second-order valence-corrected chi connectivity index (χ2v) is 4.60. The summed E-state index contributed by atoms with van der Waals surface area (Å²) in [6, 6.07) is 3.10. The minimum Gasteiger partial charge on any atom is -0.376 e. The summed E-state index contributed by atoms with van der Waals surface area (Å²) in [7, 11) is 0. The largest absolute Gasteiger partial charge is 0.376 e. The van der Waals surface area contributed by atoms with Gasteiger partial charge < -0.3 is 15.4 Å². The number of rotatable bonds is 3. The molecule has 1 saturated heterocycles. The van der Waals surface area contributed by atoms with E-state index in [-0.39, 0.29) is 11.9 Å². The summed E-state index contributed by atoms with van der Waals surface area (Å²) in [4.78, 5) is 27.0. The molecule has 0 unspecified atom stereocenters. The highest BCUT2D eigenvalue weighted by molar-refractivity contribution is 6.39. The van der Waals surface area contributed by atoms with Gasteiger partial charge in [-0.25, -0.2) is 4.98 Å². The second-order valence-electron chi connectivity index (χ2n) is 4.16. The number of nitrogens with one attached hydrogen (secondary N) is 2. The first-order valence-corrected chi connectivity index (χ1v) is 6.35. The first-order valence-electron chi connectivity index (χ1n) is 5.97. The number of ether oxygens (including phenoxy) is 1. The van der Waals surface area contributed by atoms with Crippen LogP contribution < -0.4 is 10.6 Å². The number of carbonyl (C=O) groups excluding carboxylic acids is 2. The van der Waals surface area contributed by atoms with E-state index >= 15 is 0 Å². The summed E-state index contributed by atoms with van der Waals surface area (Å²) in [5.74, 6) is -1.18. The number of hydrogen-bond donors (Lipinski definition) is 2. The summed E-state index contributed by atoms with van der Waals surface area (Å²) in [5.41, 5.74) is 0. The molecule has 102 valence electrons. The van der Waals surface area contributed by atoms with Gasteiger partial charge in [0.25, 0.3) is 0 Å². The third-order valence-corrected chi connectivity index (χ3v) is 2.91. The Hall–Kier alpha value is -1.66. The number of carbonyl (C=O) groups is 2. The van der Waals surface area contributed by atoms with Crippen molar-refractivity contribution < 1.29 is 14.3 Å². The lowest BCUT2D eigenvalue weighted by atomic mass is 10.2. The molecule has 0 saturated carbocycles. The third-order valence-electron chi connectivity index (χ3n) is 2.69. The molecule has 0 radical (unpaired) electrons. The van der Waals surface area contributed by atoms with Gasteiger partial charge in [0.15, 0.2) is 0 Å². The Balaban J connectivity index is 1.78. The smallest absolute Gasteiger partial charge is 0.314 e. The van der Waals surface area contributed by atoms with E-state index < -0.39 is 11.8 Å². The summed E-state index contributed by atoms with van der Waals surface area (Å²) in [6.07, 6.45) is 3.29. The van der Waals surface area contributed by atoms with Crippen molar-refractivity contribution in [3.63, 3.8) is 0 Å². The molecule has 0 bridgehead atoms. The highest BCUT2D eigenvalue weighted by Gasteiger charge is 2.19. The average molecular weight is 284 g/mol. The van der Waals surface area contributed by atoms with Crippen LogP contribution in [0.1, 0.15) is 12.8 Å². The van der Waals surface area contributed by atoms with Gasteiger partial charge in [0.1, 0.15) is 5.82 Å². The number of hydrogen-bond acceptors (Lipinski definition) is 4. The Kier molecular flexibility index (Phi) is 4.70. The molecule has 2 N–H and O–H groups in total. The molecule has 7 heteroatoms. The third kappa shape index (κ3) is 4.18. The molecule has 6 nitrogen and oxygen atoms in total. The van der Waals surface area contributed by atoms with E-state index in [0.717, 1.165) is 12.8 Å². The van der Waals surface area contributed by atoms with E-state index in [9.17, 15) is 9.59 Å². The zero-order chi connectivity index (χ0) is 13.7. The van der Waals surface area contributed by atoms with Gasteiger partial charge in [-0.15, -0.1) is 0 Å². The van der Waals surface area contributed by atoms with Crippen LogP contribution in [0.5, 0.6) is 0 Å². The van der Waals surface area contributed by atoms with Gasteiger partial charge >= 0.3 is 11.8 Å². The van der Waals surface area contributed by atoms with Gasteiger partial charge in [0.05, 0.1) is 11.1 Å². The summed E-state index contributed by atoms with van der Waals surface area (Å²) in [5, 5.41) is 5.37. The summed E-state index contributed by atoms with van der Waals surface area (Å²) in [6.45, 7) is 1.06. The van der Waals surface area contributed by atoms with E-state index in [1.54, 1.807) is 6.07 Å². The van der Waals surface area contributed by atoms with Crippen molar-refractivity contribution in [2.75, 3.05) is 18.5 Å². The molecule has 2 rings (SSSR count). The molecule has 1 atom stereocenters. The second kappa shape index (κ2) is 6.49. The summed E-state index contributed by atoms with van der Waals surface area (Å²) >= 11 is 5.66. The molecule has 1 aliphatic heterocycles. The predicted octanol–water partition coefficient (Wildman–Crippen LogP) is 0.969. The van der Waals surface area contributed by atoms with Crippen LogP contribution in [-0.4, -0.2) is 36.1 Å². The molecule has 1 fully saturated rings. The topological polar surface area (TPSA) is 80.3 Å². The fraction of sp³-hybridized carbons (Fsp3) is 0.417. The fourth-order valence-electron chi connectivity index (χ4n) is 1.71. The van der Waals surface area contributed by atoms with Crippen molar-refractivity contribution >= 4 is 29.2 Å². The first kappa shape index (κ1) is 13.8. The monoisotopic (exact) mass is 283 g/mol. The van der Waals surface area contributed by atoms with Gasteiger partial charge in [-0.3, -0.25) is 9.59 Å². The van der Waals surface area contributed by atoms with Crippen LogP contribution in [0.15, 0.2) is 18.3 Å². The lowest BCUT2D eigenvalue weighted by molar-refractivity contribution is -0.136. The lowest BCUT2D eigenvalue weighted by Crippen LogP contribution is -2.39. The predicted molar refractivity (Wildman–Crippen MR) is 69.9 cm³/mol. The van der Waals surface area contributed by atoms with Crippen molar-refractivity contribution in [2.24, 2.45) is 0 Å². The van der Waals surface area contributed by atoms with Gasteiger partial charge in [-0.2, -0.15) is 0 Å². The van der Waals surface area contributed by atoms with Crippen LogP contribution >= 0.6 is 11.6 Å². The van der Waals surface area contributed by atoms with E-state index in [4.69, 9.17) is 16.3 Å². The molecular formula is C12H14ClN3O3. The Morgan fingerprint density at radius 3 is 2.89 bits per heavy atom. The van der Waals surface area contributed by atoms with Crippen molar-refractivity contribution in [1.82, 2.24) is 10.3 Å². The Morgan fingerprint density at radius 2 is 2.26 bits per heavy atom. The van der Waals surface area contributed by atoms with Crippen LogP contribution in [0.3, 0.4) is 0 Å². The van der Waals surface area contributed by atoms with Crippen molar-refractivity contribution in [1.29, 1.82) is 0 Å². The van der Waals surface area contributed by atoms with Crippen LogP contribution in [0, 0.1) is 0 Å². The number of pyridine rings is 1. The molecule has 1 aromatic heterocycles. The maximum atomic E-state index is 11.6. The van der Waals surface area contributed by atoms with E-state index in [2.05, 4.69) is 15.6 Å². The zero-order valence-corrected chi connectivity index (χ0v) is 10.9. The minimum atomic E-state index is -0.757. The number of nitrogens with zero attached hydrogens (tertiary/aromatic N) is 1. The molecule has 2 heterocycles. The summed E-state index contributed by atoms with van der Waals surface area (Å²) < 4.78 is 5.34. The average Bonchev–Trinajstić information content (AvgIpc) is 2.91. The standard InChI is InChI=1S/C12H14ClN3O3/c13-8-3-4-10(14-6-8)16-12(18)11(17)15-7-9-2-1-5-19-9/h3-4,6,9H,1-2,5,7H2,(H,15,17)(H,14,16,18)/t9-/m1/s1. The number of halogens is 1. The molecule has 0 spiro atoms. The van der Waals surface area contributed by atoms with E-state index in [0.29, 0.717) is 18.2 Å². The highest BCUT2D eigenvalue weighted by atomic mass is 35.5. The SMILES string of the molecule is O=C(NC[C@H]1CCCO1)C(=O)Nc1ccc(Cl)cn1. The van der Waals surface area contributed by atoms with Gasteiger partial charge in [-0.05, 0) is 25.0 Å². The van der Waals surface area contributed by atoms with E-state index in [1.807, 2.05) is 0 Å². The van der Waals surface area contributed by atoms with Crippen LogP contribution in [0.25, 0.3) is 0 Å². The Morgan fingerprint density at radius 1 is 1.42 bits per heavy atom. The molecular weight excluding hydrogens is 270 g/mol. The fourth-order valence-corrected chi connectivity index (χ4v) is 1.83. The first-order chi connectivity index (χ1) is 9.15. The van der Waals surface area contributed by atoms with Crippen LogP contribution in [0.2, 0.25) is 5.02 Å². The van der Waals surface area contributed by atoms with Gasteiger partial charge in [0, 0.05) is 19.3 Å². The Bertz CT molecular complexity index is 458. The van der Waals surface area contributed by atoms with Crippen molar-refractivity contribution in [3.8, 4) is 0 Å². The van der Waals surface area contributed by atoms with Crippen molar-refractivity contribution in [2.45, 2.75) is 18.9 Å². The molecule has 19 heavy (non-hydrogen) atoms. The maximum Gasteiger partial charge on any atom is 0.314 e. The zero-order valence-electron chi connectivity index (χ0n) is 10.2. The minimum absolute atomic E-state index is 0.00501. The highest BCUT2D eigenvalue weighted by Crippen LogP contribution is 2.11. The number of anilines is 1. The molecule has 2 amide bonds. The lowest BCUT2D eigenvalue weighted by Gasteiger charge is -2.10. The Labute approximate surface area is 115 Å².